The summed E-state index contributed by atoms with van der Waals surface area (Å²) >= 11 is 0. The standard InChI is InChI=1S/C24H22N2O2/c1-26-16-22(20-12-5-6-13-23(20)26)21(15-24(25)27)17-8-7-11-19(14-17)28-18-9-3-2-4-10-18/h2-14,16,21H,15H2,1H3,(H2,25,27)/t21-/m0/s1. The highest BCUT2D eigenvalue weighted by Gasteiger charge is 2.21. The molecule has 1 aromatic heterocycles. The second-order valence-corrected chi connectivity index (χ2v) is 6.92. The number of nitrogens with two attached hydrogens (primary N) is 1. The molecule has 28 heavy (non-hydrogen) atoms. The first kappa shape index (κ1) is 17.9. The van der Waals surface area contributed by atoms with Crippen LogP contribution in [-0.4, -0.2) is 10.5 Å². The number of para-hydroxylation sites is 2. The molecule has 3 aromatic carbocycles. The van der Waals surface area contributed by atoms with Gasteiger partial charge in [-0.2, -0.15) is 0 Å². The Balaban J connectivity index is 1.76. The first-order valence-corrected chi connectivity index (χ1v) is 9.27. The minimum absolute atomic E-state index is 0.136. The van der Waals surface area contributed by atoms with Crippen LogP contribution in [0.1, 0.15) is 23.5 Å². The van der Waals surface area contributed by atoms with Crippen LogP contribution in [0.5, 0.6) is 11.5 Å². The molecule has 0 aliphatic heterocycles. The van der Waals surface area contributed by atoms with E-state index in [4.69, 9.17) is 10.5 Å². The van der Waals surface area contributed by atoms with Crippen LogP contribution in [0.2, 0.25) is 0 Å². The van der Waals surface area contributed by atoms with E-state index in [1.807, 2.05) is 73.8 Å². The maximum Gasteiger partial charge on any atom is 0.218 e. The smallest absolute Gasteiger partial charge is 0.218 e. The van der Waals surface area contributed by atoms with Crippen molar-refractivity contribution in [2.24, 2.45) is 12.8 Å². The van der Waals surface area contributed by atoms with Gasteiger partial charge in [-0.05, 0) is 41.5 Å². The molecule has 1 amide bonds. The summed E-state index contributed by atoms with van der Waals surface area (Å²) in [5.74, 6) is 1.05. The third-order valence-corrected chi connectivity index (χ3v) is 4.95. The summed E-state index contributed by atoms with van der Waals surface area (Å²) in [7, 11) is 2.02. The van der Waals surface area contributed by atoms with E-state index in [2.05, 4.69) is 22.9 Å². The van der Waals surface area contributed by atoms with Crippen molar-refractivity contribution in [1.82, 2.24) is 4.57 Å². The molecule has 0 fully saturated rings. The van der Waals surface area contributed by atoms with Gasteiger partial charge in [-0.25, -0.2) is 0 Å². The molecule has 0 saturated heterocycles. The van der Waals surface area contributed by atoms with E-state index in [-0.39, 0.29) is 18.2 Å². The molecule has 1 atom stereocenters. The lowest BCUT2D eigenvalue weighted by Crippen LogP contribution is -2.16. The van der Waals surface area contributed by atoms with Gasteiger partial charge in [0, 0.05) is 36.5 Å². The number of carbonyl (C=O) groups excluding carboxylic acids is 1. The molecule has 4 aromatic rings. The van der Waals surface area contributed by atoms with E-state index in [0.29, 0.717) is 0 Å². The van der Waals surface area contributed by atoms with E-state index >= 15 is 0 Å². The molecule has 0 aliphatic carbocycles. The Morgan fingerprint density at radius 1 is 0.964 bits per heavy atom. The van der Waals surface area contributed by atoms with Gasteiger partial charge in [0.2, 0.25) is 5.91 Å². The molecule has 4 nitrogen and oxygen atoms in total. The van der Waals surface area contributed by atoms with E-state index in [9.17, 15) is 4.79 Å². The van der Waals surface area contributed by atoms with Crippen LogP contribution in [0.4, 0.5) is 0 Å². The Morgan fingerprint density at radius 2 is 1.68 bits per heavy atom. The number of carbonyl (C=O) groups is 1. The SMILES string of the molecule is Cn1cc([C@@H](CC(N)=O)c2cccc(Oc3ccccc3)c2)c2ccccc21. The van der Waals surface area contributed by atoms with Crippen LogP contribution in [0.3, 0.4) is 0 Å². The van der Waals surface area contributed by atoms with Crippen molar-refractivity contribution in [3.63, 3.8) is 0 Å². The lowest BCUT2D eigenvalue weighted by molar-refractivity contribution is -0.118. The number of rotatable bonds is 6. The van der Waals surface area contributed by atoms with E-state index < -0.39 is 0 Å². The van der Waals surface area contributed by atoms with Gasteiger partial charge in [-0.1, -0.05) is 48.5 Å². The Bertz CT molecular complexity index is 1120. The fourth-order valence-electron chi connectivity index (χ4n) is 3.68. The van der Waals surface area contributed by atoms with E-state index in [1.165, 1.54) is 0 Å². The van der Waals surface area contributed by atoms with Crippen molar-refractivity contribution in [2.75, 3.05) is 0 Å². The van der Waals surface area contributed by atoms with Crippen molar-refractivity contribution < 1.29 is 9.53 Å². The van der Waals surface area contributed by atoms with Gasteiger partial charge < -0.3 is 15.0 Å². The number of benzene rings is 3. The average molecular weight is 370 g/mol. The van der Waals surface area contributed by atoms with Crippen molar-refractivity contribution in [3.8, 4) is 11.5 Å². The van der Waals surface area contributed by atoms with Crippen molar-refractivity contribution in [2.45, 2.75) is 12.3 Å². The van der Waals surface area contributed by atoms with Crippen molar-refractivity contribution >= 4 is 16.8 Å². The molecule has 0 spiro atoms. The number of amides is 1. The zero-order valence-electron chi connectivity index (χ0n) is 15.7. The molecule has 0 radical (unpaired) electrons. The van der Waals surface area contributed by atoms with Crippen LogP contribution < -0.4 is 10.5 Å². The van der Waals surface area contributed by atoms with Crippen LogP contribution in [0, 0.1) is 0 Å². The summed E-state index contributed by atoms with van der Waals surface area (Å²) < 4.78 is 8.07. The van der Waals surface area contributed by atoms with Gasteiger partial charge in [-0.3, -0.25) is 4.79 Å². The lowest BCUT2D eigenvalue weighted by Gasteiger charge is -2.17. The Morgan fingerprint density at radius 3 is 2.46 bits per heavy atom. The van der Waals surface area contributed by atoms with Crippen LogP contribution >= 0.6 is 0 Å². The lowest BCUT2D eigenvalue weighted by atomic mass is 9.88. The van der Waals surface area contributed by atoms with Gasteiger partial charge in [0.15, 0.2) is 0 Å². The Labute approximate surface area is 164 Å². The maximum atomic E-state index is 11.9. The largest absolute Gasteiger partial charge is 0.457 e. The van der Waals surface area contributed by atoms with Gasteiger partial charge in [-0.15, -0.1) is 0 Å². The summed E-state index contributed by atoms with van der Waals surface area (Å²) in [6.45, 7) is 0. The predicted octanol–water partition coefficient (Wildman–Crippen LogP) is 4.98. The highest BCUT2D eigenvalue weighted by Crippen LogP contribution is 2.36. The quantitative estimate of drug-likeness (QED) is 0.520. The normalized spacial score (nSPS) is 12.0. The van der Waals surface area contributed by atoms with Crippen molar-refractivity contribution in [3.05, 3.63) is 96.2 Å². The number of aromatic nitrogens is 1. The average Bonchev–Trinajstić information content (AvgIpc) is 3.04. The van der Waals surface area contributed by atoms with Crippen LogP contribution in [0.25, 0.3) is 10.9 Å². The third-order valence-electron chi connectivity index (χ3n) is 4.95. The Kier molecular flexibility index (Phi) is 4.85. The molecule has 140 valence electrons. The maximum absolute atomic E-state index is 11.9. The molecule has 0 unspecified atom stereocenters. The fourth-order valence-corrected chi connectivity index (χ4v) is 3.68. The summed E-state index contributed by atoms with van der Waals surface area (Å²) in [5.41, 5.74) is 8.83. The minimum atomic E-state index is -0.327. The molecule has 4 rings (SSSR count). The number of ether oxygens (including phenoxy) is 1. The highest BCUT2D eigenvalue weighted by atomic mass is 16.5. The monoisotopic (exact) mass is 370 g/mol. The minimum Gasteiger partial charge on any atom is -0.457 e. The van der Waals surface area contributed by atoms with Gasteiger partial charge in [0.1, 0.15) is 11.5 Å². The predicted molar refractivity (Wildman–Crippen MR) is 112 cm³/mol. The zero-order chi connectivity index (χ0) is 19.5. The number of primary amides is 1. The van der Waals surface area contributed by atoms with E-state index in [1.54, 1.807) is 0 Å². The summed E-state index contributed by atoms with van der Waals surface area (Å²) in [5, 5.41) is 1.13. The highest BCUT2D eigenvalue weighted by molar-refractivity contribution is 5.86. The Hall–Kier alpha value is -3.53. The van der Waals surface area contributed by atoms with Gasteiger partial charge in [0.25, 0.3) is 0 Å². The topological polar surface area (TPSA) is 57.2 Å². The summed E-state index contributed by atoms with van der Waals surface area (Å²) in [6.07, 6.45) is 2.33. The zero-order valence-corrected chi connectivity index (χ0v) is 15.7. The number of fused-ring (bicyclic) bond motifs is 1. The molecule has 0 bridgehead atoms. The number of hydrogen-bond donors (Lipinski definition) is 1. The molecular formula is C24H22N2O2. The third kappa shape index (κ3) is 3.62. The van der Waals surface area contributed by atoms with Crippen molar-refractivity contribution in [1.29, 1.82) is 0 Å². The van der Waals surface area contributed by atoms with E-state index in [0.717, 1.165) is 33.5 Å². The number of nitrogens with zero attached hydrogens (tertiary/aromatic N) is 1. The molecule has 2 N–H and O–H groups in total. The first-order chi connectivity index (χ1) is 13.6. The first-order valence-electron chi connectivity index (χ1n) is 9.27. The number of hydrogen-bond acceptors (Lipinski definition) is 2. The molecule has 1 heterocycles. The fraction of sp³-hybridized carbons (Fsp3) is 0.125. The molecule has 0 aliphatic rings. The van der Waals surface area contributed by atoms with Crippen LogP contribution in [-0.2, 0) is 11.8 Å². The van der Waals surface area contributed by atoms with Gasteiger partial charge >= 0.3 is 0 Å². The van der Waals surface area contributed by atoms with Crippen LogP contribution in [0.15, 0.2) is 85.1 Å². The summed E-state index contributed by atoms with van der Waals surface area (Å²) in [4.78, 5) is 11.9. The second-order valence-electron chi connectivity index (χ2n) is 6.92. The van der Waals surface area contributed by atoms with Gasteiger partial charge in [0.05, 0.1) is 0 Å². The number of aryl methyl sites for hydroxylation is 1. The molecule has 4 heteroatoms. The second kappa shape index (κ2) is 7.61. The molecule has 0 saturated carbocycles. The molecular weight excluding hydrogens is 348 g/mol. The summed E-state index contributed by atoms with van der Waals surface area (Å²) in [6, 6.07) is 25.7.